The van der Waals surface area contributed by atoms with Gasteiger partial charge in [0.15, 0.2) is 0 Å². The summed E-state index contributed by atoms with van der Waals surface area (Å²) >= 11 is 1.01. The zero-order valence-electron chi connectivity index (χ0n) is 17.4. The third-order valence-corrected chi connectivity index (χ3v) is 5.79. The number of benzene rings is 2. The van der Waals surface area contributed by atoms with Crippen molar-refractivity contribution in [3.8, 4) is 17.9 Å². The lowest BCUT2D eigenvalue weighted by Crippen LogP contribution is -2.39. The minimum absolute atomic E-state index is 0.0926. The first-order valence-electron chi connectivity index (χ1n) is 9.97. The van der Waals surface area contributed by atoms with Gasteiger partial charge >= 0.3 is 5.97 Å². The highest BCUT2D eigenvalue weighted by Gasteiger charge is 2.40. The molecule has 2 aromatic rings. The number of thioether (sulfide) groups is 1. The van der Waals surface area contributed by atoms with E-state index in [1.54, 1.807) is 24.3 Å². The maximum atomic E-state index is 12.7. The van der Waals surface area contributed by atoms with Gasteiger partial charge in [0.25, 0.3) is 0 Å². The molecule has 1 amide bonds. The largest absolute Gasteiger partial charge is 0.494 e. The Hall–Kier alpha value is -3.75. The molecule has 0 aliphatic carbocycles. The highest BCUT2D eigenvalue weighted by molar-refractivity contribution is 8.03. The molecule has 0 aromatic heterocycles. The normalized spacial score (nSPS) is 17.7. The zero-order valence-corrected chi connectivity index (χ0v) is 18.2. The van der Waals surface area contributed by atoms with Crippen molar-refractivity contribution < 1.29 is 19.1 Å². The van der Waals surface area contributed by atoms with Crippen molar-refractivity contribution in [3.63, 3.8) is 0 Å². The standard InChI is InChI=1S/C24H21N3O4S/c1-2-30-20-11-7-6-10-17(20)22-18(12-25)23(29)27-24(19(22)13-26)32-15-21(28)31-14-16-8-4-3-5-9-16/h3-11,18,22H,2,14-15H2,1H3,(H,27,29)/t18-,22+/m0/s1. The molecule has 8 heteroatoms. The summed E-state index contributed by atoms with van der Waals surface area (Å²) in [6.45, 7) is 2.36. The lowest BCUT2D eigenvalue weighted by atomic mass is 9.79. The third-order valence-electron chi connectivity index (χ3n) is 4.80. The summed E-state index contributed by atoms with van der Waals surface area (Å²) in [6.07, 6.45) is 0. The van der Waals surface area contributed by atoms with Crippen molar-refractivity contribution >= 4 is 23.6 Å². The first kappa shape index (κ1) is 22.9. The van der Waals surface area contributed by atoms with Gasteiger partial charge in [-0.05, 0) is 18.6 Å². The summed E-state index contributed by atoms with van der Waals surface area (Å²) in [5.41, 5.74) is 1.65. The molecule has 1 N–H and O–H groups in total. The molecule has 162 valence electrons. The summed E-state index contributed by atoms with van der Waals surface area (Å²) in [5.74, 6) is -2.49. The van der Waals surface area contributed by atoms with Crippen LogP contribution in [0.4, 0.5) is 0 Å². The van der Waals surface area contributed by atoms with Gasteiger partial charge in [-0.2, -0.15) is 10.5 Å². The van der Waals surface area contributed by atoms with Crippen LogP contribution in [0.3, 0.4) is 0 Å². The second-order valence-corrected chi connectivity index (χ2v) is 7.82. The highest BCUT2D eigenvalue weighted by Crippen LogP contribution is 2.42. The average molecular weight is 448 g/mol. The Balaban J connectivity index is 1.83. The van der Waals surface area contributed by atoms with Crippen LogP contribution in [0.25, 0.3) is 0 Å². The maximum absolute atomic E-state index is 12.7. The summed E-state index contributed by atoms with van der Waals surface area (Å²) in [7, 11) is 0. The van der Waals surface area contributed by atoms with Crippen LogP contribution in [-0.2, 0) is 20.9 Å². The minimum atomic E-state index is -1.10. The Morgan fingerprint density at radius 1 is 1.12 bits per heavy atom. The molecule has 2 aromatic carbocycles. The van der Waals surface area contributed by atoms with E-state index in [0.29, 0.717) is 17.9 Å². The van der Waals surface area contributed by atoms with Gasteiger partial charge in [0.1, 0.15) is 18.3 Å². The SMILES string of the molecule is CCOc1ccccc1[C@H]1C(C#N)=C(SCC(=O)OCc2ccccc2)NC(=O)[C@H]1C#N. The van der Waals surface area contributed by atoms with Crippen LogP contribution < -0.4 is 10.1 Å². The van der Waals surface area contributed by atoms with E-state index in [0.717, 1.165) is 17.3 Å². The summed E-state index contributed by atoms with van der Waals surface area (Å²) < 4.78 is 10.9. The Labute approximate surface area is 190 Å². The second-order valence-electron chi connectivity index (χ2n) is 6.83. The molecule has 1 aliphatic heterocycles. The van der Waals surface area contributed by atoms with Gasteiger partial charge in [0.2, 0.25) is 5.91 Å². The number of hydrogen-bond donors (Lipinski definition) is 1. The van der Waals surface area contributed by atoms with Gasteiger partial charge in [-0.3, -0.25) is 9.59 Å². The molecule has 0 saturated heterocycles. The van der Waals surface area contributed by atoms with E-state index in [4.69, 9.17) is 9.47 Å². The van der Waals surface area contributed by atoms with Gasteiger partial charge in [-0.15, -0.1) is 0 Å². The number of nitrogens with one attached hydrogen (secondary N) is 1. The molecule has 1 heterocycles. The third kappa shape index (κ3) is 5.29. The molecular weight excluding hydrogens is 426 g/mol. The average Bonchev–Trinajstić information content (AvgIpc) is 2.82. The summed E-state index contributed by atoms with van der Waals surface area (Å²) in [6, 6.07) is 20.4. The predicted octanol–water partition coefficient (Wildman–Crippen LogP) is 3.65. The lowest BCUT2D eigenvalue weighted by Gasteiger charge is -2.29. The second kappa shape index (κ2) is 11.0. The molecular formula is C24H21N3O4S. The molecule has 0 saturated carbocycles. The minimum Gasteiger partial charge on any atom is -0.494 e. The highest BCUT2D eigenvalue weighted by atomic mass is 32.2. The Morgan fingerprint density at radius 2 is 1.84 bits per heavy atom. The molecule has 0 unspecified atom stereocenters. The Kier molecular flexibility index (Phi) is 7.91. The van der Waals surface area contributed by atoms with E-state index >= 15 is 0 Å². The van der Waals surface area contributed by atoms with E-state index in [1.807, 2.05) is 43.3 Å². The lowest BCUT2D eigenvalue weighted by molar-refractivity contribution is -0.141. The number of nitriles is 2. The molecule has 2 atom stereocenters. The number of para-hydroxylation sites is 1. The fourth-order valence-corrected chi connectivity index (χ4v) is 4.20. The number of carbonyl (C=O) groups is 2. The number of ether oxygens (including phenoxy) is 2. The quantitative estimate of drug-likeness (QED) is 0.615. The van der Waals surface area contributed by atoms with Crippen molar-refractivity contribution in [1.29, 1.82) is 10.5 Å². The van der Waals surface area contributed by atoms with Crippen LogP contribution in [0.1, 0.15) is 24.0 Å². The fraction of sp³-hybridized carbons (Fsp3) is 0.250. The molecule has 0 bridgehead atoms. The maximum Gasteiger partial charge on any atom is 0.316 e. The molecule has 0 radical (unpaired) electrons. The number of rotatable bonds is 8. The van der Waals surface area contributed by atoms with Gasteiger partial charge < -0.3 is 14.8 Å². The number of esters is 1. The van der Waals surface area contributed by atoms with Crippen LogP contribution in [0.15, 0.2) is 65.2 Å². The topological polar surface area (TPSA) is 112 Å². The van der Waals surface area contributed by atoms with Crippen LogP contribution in [0, 0.1) is 28.6 Å². The first-order chi connectivity index (χ1) is 15.6. The monoisotopic (exact) mass is 447 g/mol. The number of allylic oxidation sites excluding steroid dienone is 1. The molecule has 3 rings (SSSR count). The molecule has 0 fully saturated rings. The van der Waals surface area contributed by atoms with Crippen LogP contribution in [-0.4, -0.2) is 24.2 Å². The van der Waals surface area contributed by atoms with E-state index in [9.17, 15) is 20.1 Å². The summed E-state index contributed by atoms with van der Waals surface area (Å²) in [4.78, 5) is 24.9. The number of nitrogens with zero attached hydrogens (tertiary/aromatic N) is 2. The molecule has 32 heavy (non-hydrogen) atoms. The number of hydrogen-bond acceptors (Lipinski definition) is 7. The summed E-state index contributed by atoms with van der Waals surface area (Å²) in [5, 5.41) is 22.4. The Morgan fingerprint density at radius 3 is 2.53 bits per heavy atom. The number of carbonyl (C=O) groups excluding carboxylic acids is 2. The van der Waals surface area contributed by atoms with Gasteiger partial charge in [0.05, 0.1) is 41.0 Å². The zero-order chi connectivity index (χ0) is 22.9. The van der Waals surface area contributed by atoms with Crippen molar-refractivity contribution in [2.75, 3.05) is 12.4 Å². The molecule has 0 spiro atoms. The first-order valence-corrected chi connectivity index (χ1v) is 11.0. The van der Waals surface area contributed by atoms with Crippen LogP contribution in [0.5, 0.6) is 5.75 Å². The fourth-order valence-electron chi connectivity index (χ4n) is 3.35. The molecule has 7 nitrogen and oxygen atoms in total. The van der Waals surface area contributed by atoms with Crippen LogP contribution >= 0.6 is 11.8 Å². The molecule has 1 aliphatic rings. The van der Waals surface area contributed by atoms with Crippen molar-refractivity contribution in [2.24, 2.45) is 5.92 Å². The van der Waals surface area contributed by atoms with E-state index in [2.05, 4.69) is 11.4 Å². The van der Waals surface area contributed by atoms with Crippen molar-refractivity contribution in [1.82, 2.24) is 5.32 Å². The van der Waals surface area contributed by atoms with Crippen LogP contribution in [0.2, 0.25) is 0 Å². The number of amides is 1. The van der Waals surface area contributed by atoms with Crippen molar-refractivity contribution in [3.05, 3.63) is 76.3 Å². The van der Waals surface area contributed by atoms with E-state index in [1.165, 1.54) is 0 Å². The predicted molar refractivity (Wildman–Crippen MR) is 119 cm³/mol. The van der Waals surface area contributed by atoms with Gasteiger partial charge in [0, 0.05) is 5.56 Å². The van der Waals surface area contributed by atoms with Gasteiger partial charge in [-0.25, -0.2) is 0 Å². The van der Waals surface area contributed by atoms with Crippen molar-refractivity contribution in [2.45, 2.75) is 19.4 Å². The smallest absolute Gasteiger partial charge is 0.316 e. The van der Waals surface area contributed by atoms with Gasteiger partial charge in [-0.1, -0.05) is 60.3 Å². The van der Waals surface area contributed by atoms with E-state index < -0.39 is 23.7 Å². The van der Waals surface area contributed by atoms with E-state index in [-0.39, 0.29) is 23.0 Å². The Bertz CT molecular complexity index is 1100.